The van der Waals surface area contributed by atoms with E-state index in [1.165, 1.54) is 5.69 Å². The molecular weight excluding hydrogens is 422 g/mol. The highest BCUT2D eigenvalue weighted by molar-refractivity contribution is 9.10. The van der Waals surface area contributed by atoms with E-state index in [0.717, 1.165) is 47.5 Å². The molecule has 7 heteroatoms. The van der Waals surface area contributed by atoms with Crippen LogP contribution in [0.25, 0.3) is 0 Å². The normalized spacial score (nSPS) is 14.5. The van der Waals surface area contributed by atoms with Crippen molar-refractivity contribution in [3.8, 4) is 11.5 Å². The van der Waals surface area contributed by atoms with Gasteiger partial charge in [-0.25, -0.2) is 4.79 Å². The topological polar surface area (TPSA) is 62.8 Å². The van der Waals surface area contributed by atoms with Crippen molar-refractivity contribution in [1.29, 1.82) is 0 Å². The fraction of sp³-hybridized carbons (Fsp3) is 0.381. The molecular formula is C21H26BrN3O3. The zero-order valence-corrected chi connectivity index (χ0v) is 17.8. The average Bonchev–Trinajstić information content (AvgIpc) is 2.73. The molecule has 2 N–H and O–H groups in total. The molecule has 0 atom stereocenters. The van der Waals surface area contributed by atoms with E-state index >= 15 is 0 Å². The Hall–Kier alpha value is -2.41. The summed E-state index contributed by atoms with van der Waals surface area (Å²) in [5.74, 6) is 1.62. The number of benzene rings is 2. The molecule has 1 heterocycles. The third kappa shape index (κ3) is 5.32. The molecule has 28 heavy (non-hydrogen) atoms. The van der Waals surface area contributed by atoms with Crippen LogP contribution in [0, 0.1) is 0 Å². The number of methoxy groups -OCH3 is 2. The van der Waals surface area contributed by atoms with E-state index < -0.39 is 0 Å². The van der Waals surface area contributed by atoms with Crippen molar-refractivity contribution in [2.24, 2.45) is 0 Å². The van der Waals surface area contributed by atoms with Crippen molar-refractivity contribution in [2.75, 3.05) is 32.2 Å². The SMILES string of the molecule is COc1ccc(N2CCC(NC(=O)NCc3cc(Br)ccc3OC)CC2)cc1. The van der Waals surface area contributed by atoms with Crippen LogP contribution in [-0.2, 0) is 6.54 Å². The molecule has 2 aromatic rings. The third-order valence-electron chi connectivity index (χ3n) is 4.95. The van der Waals surface area contributed by atoms with E-state index in [4.69, 9.17) is 9.47 Å². The van der Waals surface area contributed by atoms with E-state index in [0.29, 0.717) is 6.54 Å². The van der Waals surface area contributed by atoms with Crippen LogP contribution >= 0.6 is 15.9 Å². The molecule has 0 aliphatic carbocycles. The summed E-state index contributed by atoms with van der Waals surface area (Å²) in [6.45, 7) is 2.24. The minimum Gasteiger partial charge on any atom is -0.497 e. The largest absolute Gasteiger partial charge is 0.497 e. The van der Waals surface area contributed by atoms with Gasteiger partial charge in [-0.1, -0.05) is 15.9 Å². The van der Waals surface area contributed by atoms with Gasteiger partial charge < -0.3 is 25.0 Å². The first-order chi connectivity index (χ1) is 13.6. The first kappa shape index (κ1) is 20.3. The van der Waals surface area contributed by atoms with Crippen molar-refractivity contribution in [3.63, 3.8) is 0 Å². The number of rotatable bonds is 6. The standard InChI is InChI=1S/C21H26BrN3O3/c1-27-19-6-4-18(5-7-19)25-11-9-17(10-12-25)24-21(26)23-14-15-13-16(22)3-8-20(15)28-2/h3-8,13,17H,9-12,14H2,1-2H3,(H2,23,24,26). The average molecular weight is 448 g/mol. The fourth-order valence-corrected chi connectivity index (χ4v) is 3.78. The fourth-order valence-electron chi connectivity index (χ4n) is 3.37. The van der Waals surface area contributed by atoms with Crippen LogP contribution in [0.1, 0.15) is 18.4 Å². The van der Waals surface area contributed by atoms with E-state index in [-0.39, 0.29) is 12.1 Å². The summed E-state index contributed by atoms with van der Waals surface area (Å²) in [7, 11) is 3.30. The van der Waals surface area contributed by atoms with Gasteiger partial charge in [-0.3, -0.25) is 0 Å². The van der Waals surface area contributed by atoms with Gasteiger partial charge in [0.25, 0.3) is 0 Å². The number of carbonyl (C=O) groups excluding carboxylic acids is 1. The third-order valence-corrected chi connectivity index (χ3v) is 5.44. The molecule has 1 aliphatic heterocycles. The Morgan fingerprint density at radius 3 is 2.46 bits per heavy atom. The Bertz CT molecular complexity index is 790. The quantitative estimate of drug-likeness (QED) is 0.703. The van der Waals surface area contributed by atoms with Crippen LogP contribution in [0.2, 0.25) is 0 Å². The second-order valence-electron chi connectivity index (χ2n) is 6.74. The summed E-state index contributed by atoms with van der Waals surface area (Å²) in [5.41, 5.74) is 2.12. The zero-order valence-electron chi connectivity index (χ0n) is 16.2. The van der Waals surface area contributed by atoms with Crippen LogP contribution in [0.5, 0.6) is 11.5 Å². The number of anilines is 1. The van der Waals surface area contributed by atoms with Crippen LogP contribution in [0.15, 0.2) is 46.9 Å². The van der Waals surface area contributed by atoms with Crippen molar-refractivity contribution in [3.05, 3.63) is 52.5 Å². The molecule has 1 aliphatic rings. The number of piperidine rings is 1. The summed E-state index contributed by atoms with van der Waals surface area (Å²) >= 11 is 3.45. The molecule has 150 valence electrons. The summed E-state index contributed by atoms with van der Waals surface area (Å²) in [6, 6.07) is 13.9. The molecule has 0 bridgehead atoms. The second-order valence-corrected chi connectivity index (χ2v) is 7.66. The maximum absolute atomic E-state index is 12.3. The minimum absolute atomic E-state index is 0.148. The predicted molar refractivity (Wildman–Crippen MR) is 114 cm³/mol. The Labute approximate surface area is 174 Å². The van der Waals surface area contributed by atoms with E-state index in [9.17, 15) is 4.79 Å². The number of halogens is 1. The van der Waals surface area contributed by atoms with Gasteiger partial charge in [0.2, 0.25) is 0 Å². The number of urea groups is 1. The van der Waals surface area contributed by atoms with Crippen LogP contribution < -0.4 is 25.0 Å². The molecule has 2 aromatic carbocycles. The van der Waals surface area contributed by atoms with Gasteiger partial charge in [0.15, 0.2) is 0 Å². The van der Waals surface area contributed by atoms with E-state index in [1.807, 2.05) is 30.3 Å². The Kier molecular flexibility index (Phi) is 7.03. The van der Waals surface area contributed by atoms with Gasteiger partial charge in [0, 0.05) is 41.4 Å². The molecule has 0 radical (unpaired) electrons. The van der Waals surface area contributed by atoms with Crippen LogP contribution in [0.4, 0.5) is 10.5 Å². The van der Waals surface area contributed by atoms with Gasteiger partial charge in [0.1, 0.15) is 11.5 Å². The first-order valence-electron chi connectivity index (χ1n) is 9.35. The molecule has 1 fully saturated rings. The second kappa shape index (κ2) is 9.68. The molecule has 6 nitrogen and oxygen atoms in total. The van der Waals surface area contributed by atoms with Gasteiger partial charge >= 0.3 is 6.03 Å². The maximum atomic E-state index is 12.3. The van der Waals surface area contributed by atoms with Crippen molar-refractivity contribution in [2.45, 2.75) is 25.4 Å². The molecule has 0 unspecified atom stereocenters. The zero-order chi connectivity index (χ0) is 19.9. The molecule has 0 aromatic heterocycles. The smallest absolute Gasteiger partial charge is 0.315 e. The lowest BCUT2D eigenvalue weighted by molar-refractivity contribution is 0.234. The molecule has 2 amide bonds. The lowest BCUT2D eigenvalue weighted by atomic mass is 10.0. The number of hydrogen-bond donors (Lipinski definition) is 2. The molecule has 0 spiro atoms. The summed E-state index contributed by atoms with van der Waals surface area (Å²) < 4.78 is 11.5. The van der Waals surface area contributed by atoms with E-state index in [2.05, 4.69) is 43.6 Å². The number of amides is 2. The lowest BCUT2D eigenvalue weighted by Crippen LogP contribution is -2.47. The highest BCUT2D eigenvalue weighted by Gasteiger charge is 2.21. The van der Waals surface area contributed by atoms with Gasteiger partial charge in [-0.05, 0) is 55.3 Å². The monoisotopic (exact) mass is 447 g/mol. The number of nitrogens with zero attached hydrogens (tertiary/aromatic N) is 1. The molecule has 3 rings (SSSR count). The summed E-state index contributed by atoms with van der Waals surface area (Å²) in [4.78, 5) is 14.6. The van der Waals surface area contributed by atoms with Gasteiger partial charge in [-0.2, -0.15) is 0 Å². The molecule has 0 saturated carbocycles. The van der Waals surface area contributed by atoms with Crippen molar-refractivity contribution < 1.29 is 14.3 Å². The molecule has 1 saturated heterocycles. The number of hydrogen-bond acceptors (Lipinski definition) is 4. The van der Waals surface area contributed by atoms with Gasteiger partial charge in [0.05, 0.1) is 14.2 Å². The Balaban J connectivity index is 1.45. The Morgan fingerprint density at radius 2 is 1.82 bits per heavy atom. The minimum atomic E-state index is -0.148. The lowest BCUT2D eigenvalue weighted by Gasteiger charge is -2.34. The highest BCUT2D eigenvalue weighted by atomic mass is 79.9. The van der Waals surface area contributed by atoms with Crippen molar-refractivity contribution in [1.82, 2.24) is 10.6 Å². The van der Waals surface area contributed by atoms with Gasteiger partial charge in [-0.15, -0.1) is 0 Å². The summed E-state index contributed by atoms with van der Waals surface area (Å²) in [6.07, 6.45) is 1.83. The maximum Gasteiger partial charge on any atom is 0.315 e. The Morgan fingerprint density at radius 1 is 1.11 bits per heavy atom. The number of nitrogens with one attached hydrogen (secondary N) is 2. The first-order valence-corrected chi connectivity index (χ1v) is 10.1. The van der Waals surface area contributed by atoms with Crippen LogP contribution in [0.3, 0.4) is 0 Å². The van der Waals surface area contributed by atoms with Crippen molar-refractivity contribution >= 4 is 27.6 Å². The number of ether oxygens (including phenoxy) is 2. The predicted octanol–water partition coefficient (Wildman–Crippen LogP) is 3.93. The summed E-state index contributed by atoms with van der Waals surface area (Å²) in [5, 5.41) is 6.01. The highest BCUT2D eigenvalue weighted by Crippen LogP contribution is 2.24. The number of carbonyl (C=O) groups is 1. The van der Waals surface area contributed by atoms with Crippen LogP contribution in [-0.4, -0.2) is 39.4 Å². The van der Waals surface area contributed by atoms with E-state index in [1.54, 1.807) is 14.2 Å².